The van der Waals surface area contributed by atoms with Crippen molar-refractivity contribution >= 4 is 41.5 Å². The number of aliphatic imine (C=N–C) groups is 1. The fourth-order valence-electron chi connectivity index (χ4n) is 3.37. The maximum Gasteiger partial charge on any atom is 0.228 e. The average molecular weight is 533 g/mol. The molecule has 0 atom stereocenters. The normalized spacial score (nSPS) is 15.5. The minimum Gasteiger partial charge on any atom is -0.356 e. The van der Waals surface area contributed by atoms with Gasteiger partial charge in [-0.15, -0.1) is 24.0 Å². The number of rotatable bonds is 6. The van der Waals surface area contributed by atoms with Crippen molar-refractivity contribution in [3.63, 3.8) is 0 Å². The third-order valence-electron chi connectivity index (χ3n) is 4.68. The van der Waals surface area contributed by atoms with E-state index in [1.807, 2.05) is 31.3 Å². The molecule has 1 N–H and O–H groups in total. The van der Waals surface area contributed by atoms with Crippen LogP contribution in [0.5, 0.6) is 0 Å². The van der Waals surface area contributed by atoms with Crippen molar-refractivity contribution in [3.05, 3.63) is 35.2 Å². The van der Waals surface area contributed by atoms with Gasteiger partial charge in [-0.25, -0.2) is 0 Å². The second kappa shape index (κ2) is 11.7. The van der Waals surface area contributed by atoms with Gasteiger partial charge in [-0.2, -0.15) is 4.98 Å². The van der Waals surface area contributed by atoms with Gasteiger partial charge in [-0.05, 0) is 18.1 Å². The van der Waals surface area contributed by atoms with Gasteiger partial charge in [0.1, 0.15) is 0 Å². The number of aromatic nitrogens is 2. The zero-order valence-electron chi connectivity index (χ0n) is 17.3. The van der Waals surface area contributed by atoms with Crippen molar-refractivity contribution in [1.29, 1.82) is 0 Å². The molecule has 1 fully saturated rings. The van der Waals surface area contributed by atoms with Crippen LogP contribution in [0.3, 0.4) is 0 Å². The van der Waals surface area contributed by atoms with Crippen LogP contribution in [-0.4, -0.2) is 72.2 Å². The highest BCUT2D eigenvalue weighted by Crippen LogP contribution is 2.19. The van der Waals surface area contributed by atoms with Crippen molar-refractivity contribution in [2.75, 3.05) is 46.3 Å². The van der Waals surface area contributed by atoms with E-state index in [1.165, 1.54) is 0 Å². The molecular formula is C20H30ClIN6O. The Morgan fingerprint density at radius 2 is 2.03 bits per heavy atom. The maximum atomic E-state index is 6.03. The van der Waals surface area contributed by atoms with Crippen molar-refractivity contribution < 1.29 is 4.52 Å². The van der Waals surface area contributed by atoms with E-state index in [9.17, 15) is 0 Å². The predicted molar refractivity (Wildman–Crippen MR) is 128 cm³/mol. The van der Waals surface area contributed by atoms with Gasteiger partial charge in [0.15, 0.2) is 5.96 Å². The largest absolute Gasteiger partial charge is 0.356 e. The standard InChI is InChI=1S/C20H29ClN6O.HI/c1-15(2)14-26-9-11-27(12-10-26)20(22-3)23-8-7-18-24-19(25-28-18)16-5-4-6-17(21)13-16;/h4-6,13,15H,7-12,14H2,1-3H3,(H,22,23);1H. The average Bonchev–Trinajstić information content (AvgIpc) is 3.15. The summed E-state index contributed by atoms with van der Waals surface area (Å²) < 4.78 is 5.37. The number of benzene rings is 1. The van der Waals surface area contributed by atoms with Crippen LogP contribution in [0.1, 0.15) is 19.7 Å². The molecule has 0 amide bonds. The van der Waals surface area contributed by atoms with E-state index in [-0.39, 0.29) is 24.0 Å². The molecule has 1 aliphatic rings. The number of nitrogens with one attached hydrogen (secondary N) is 1. The topological polar surface area (TPSA) is 69.8 Å². The smallest absolute Gasteiger partial charge is 0.228 e. The summed E-state index contributed by atoms with van der Waals surface area (Å²) in [5.41, 5.74) is 0.852. The van der Waals surface area contributed by atoms with E-state index < -0.39 is 0 Å². The van der Waals surface area contributed by atoms with Gasteiger partial charge in [0.2, 0.25) is 11.7 Å². The Morgan fingerprint density at radius 3 is 2.69 bits per heavy atom. The molecule has 0 spiro atoms. The Morgan fingerprint density at radius 1 is 1.28 bits per heavy atom. The third kappa shape index (κ3) is 7.11. The molecule has 2 heterocycles. The summed E-state index contributed by atoms with van der Waals surface area (Å²) in [6, 6.07) is 7.44. The molecule has 1 aromatic heterocycles. The van der Waals surface area contributed by atoms with Crippen LogP contribution in [0.15, 0.2) is 33.8 Å². The summed E-state index contributed by atoms with van der Waals surface area (Å²) >= 11 is 6.03. The molecule has 7 nitrogen and oxygen atoms in total. The van der Waals surface area contributed by atoms with Crippen molar-refractivity contribution in [2.45, 2.75) is 20.3 Å². The number of piperazine rings is 1. The fourth-order valence-corrected chi connectivity index (χ4v) is 3.56. The van der Waals surface area contributed by atoms with Gasteiger partial charge in [0.25, 0.3) is 0 Å². The Hall–Kier alpha value is -1.39. The molecule has 29 heavy (non-hydrogen) atoms. The SMILES string of the molecule is CN=C(NCCc1nc(-c2cccc(Cl)c2)no1)N1CCN(CC(C)C)CC1.I. The van der Waals surface area contributed by atoms with E-state index in [2.05, 4.69) is 44.1 Å². The third-order valence-corrected chi connectivity index (χ3v) is 4.91. The molecule has 0 saturated carbocycles. The van der Waals surface area contributed by atoms with E-state index >= 15 is 0 Å². The summed E-state index contributed by atoms with van der Waals surface area (Å²) in [6.07, 6.45) is 0.639. The molecule has 1 saturated heterocycles. The summed E-state index contributed by atoms with van der Waals surface area (Å²) in [4.78, 5) is 13.7. The number of hydrogen-bond acceptors (Lipinski definition) is 5. The van der Waals surface area contributed by atoms with Crippen molar-refractivity contribution in [3.8, 4) is 11.4 Å². The Kier molecular flexibility index (Phi) is 9.64. The van der Waals surface area contributed by atoms with Gasteiger partial charge in [-0.3, -0.25) is 9.89 Å². The lowest BCUT2D eigenvalue weighted by Crippen LogP contribution is -2.53. The minimum atomic E-state index is 0. The Bertz CT molecular complexity index is 789. The summed E-state index contributed by atoms with van der Waals surface area (Å²) in [5.74, 6) is 2.79. The first-order chi connectivity index (χ1) is 13.5. The predicted octanol–water partition coefficient (Wildman–Crippen LogP) is 3.40. The maximum absolute atomic E-state index is 6.03. The van der Waals surface area contributed by atoms with Crippen LogP contribution in [0.25, 0.3) is 11.4 Å². The monoisotopic (exact) mass is 532 g/mol. The van der Waals surface area contributed by atoms with Gasteiger partial charge in [-0.1, -0.05) is 42.7 Å². The molecule has 2 aromatic rings. The second-order valence-corrected chi connectivity index (χ2v) is 7.86. The van der Waals surface area contributed by atoms with Gasteiger partial charge < -0.3 is 14.7 Å². The molecule has 3 rings (SSSR count). The van der Waals surface area contributed by atoms with Crippen LogP contribution in [0, 0.1) is 5.92 Å². The molecule has 1 aromatic carbocycles. The highest BCUT2D eigenvalue weighted by molar-refractivity contribution is 14.0. The number of hydrogen-bond donors (Lipinski definition) is 1. The summed E-state index contributed by atoms with van der Waals surface area (Å²) in [5, 5.41) is 8.11. The van der Waals surface area contributed by atoms with Crippen molar-refractivity contribution in [1.82, 2.24) is 25.3 Å². The highest BCUT2D eigenvalue weighted by atomic mass is 127. The van der Waals surface area contributed by atoms with E-state index in [4.69, 9.17) is 16.1 Å². The lowest BCUT2D eigenvalue weighted by Gasteiger charge is -2.37. The first kappa shape index (κ1) is 23.9. The van der Waals surface area contributed by atoms with Gasteiger partial charge >= 0.3 is 0 Å². The van der Waals surface area contributed by atoms with Crippen LogP contribution >= 0.6 is 35.6 Å². The first-order valence-corrected chi connectivity index (χ1v) is 10.2. The lowest BCUT2D eigenvalue weighted by molar-refractivity contribution is 0.164. The van der Waals surface area contributed by atoms with Gasteiger partial charge in [0, 0.05) is 63.3 Å². The minimum absolute atomic E-state index is 0. The second-order valence-electron chi connectivity index (χ2n) is 7.43. The molecule has 0 bridgehead atoms. The number of halogens is 2. The molecule has 0 aliphatic carbocycles. The molecule has 1 aliphatic heterocycles. The zero-order valence-corrected chi connectivity index (χ0v) is 20.4. The fraction of sp³-hybridized carbons (Fsp3) is 0.550. The van der Waals surface area contributed by atoms with Crippen LogP contribution in [0.2, 0.25) is 5.02 Å². The van der Waals surface area contributed by atoms with Crippen LogP contribution in [0.4, 0.5) is 0 Å². The lowest BCUT2D eigenvalue weighted by atomic mass is 10.2. The number of guanidine groups is 1. The van der Waals surface area contributed by atoms with E-state index in [1.54, 1.807) is 0 Å². The van der Waals surface area contributed by atoms with E-state index in [0.717, 1.165) is 44.2 Å². The molecule has 160 valence electrons. The Balaban J connectivity index is 0.00000300. The summed E-state index contributed by atoms with van der Waals surface area (Å²) in [6.45, 7) is 10.5. The highest BCUT2D eigenvalue weighted by Gasteiger charge is 2.20. The molecule has 0 radical (unpaired) electrons. The van der Waals surface area contributed by atoms with Crippen LogP contribution in [-0.2, 0) is 6.42 Å². The van der Waals surface area contributed by atoms with Crippen LogP contribution < -0.4 is 5.32 Å². The zero-order chi connectivity index (χ0) is 19.9. The molecule has 0 unspecified atom stereocenters. The molecular weight excluding hydrogens is 503 g/mol. The Labute approximate surface area is 194 Å². The summed E-state index contributed by atoms with van der Waals surface area (Å²) in [7, 11) is 1.83. The first-order valence-electron chi connectivity index (χ1n) is 9.81. The van der Waals surface area contributed by atoms with Gasteiger partial charge in [0.05, 0.1) is 0 Å². The van der Waals surface area contributed by atoms with E-state index in [0.29, 0.717) is 35.6 Å². The molecule has 9 heteroatoms. The van der Waals surface area contributed by atoms with Crippen molar-refractivity contribution in [2.24, 2.45) is 10.9 Å². The quantitative estimate of drug-likeness (QED) is 0.349. The number of nitrogens with zero attached hydrogens (tertiary/aromatic N) is 5.